The van der Waals surface area contributed by atoms with Crippen LogP contribution in [0.1, 0.15) is 11.1 Å². The molecule has 0 aliphatic rings. The molecule has 2 aromatic carbocycles. The van der Waals surface area contributed by atoms with Gasteiger partial charge in [0.2, 0.25) is 5.91 Å². The van der Waals surface area contributed by atoms with E-state index in [4.69, 9.17) is 10.5 Å². The van der Waals surface area contributed by atoms with Crippen LogP contribution in [0.15, 0.2) is 60.7 Å². The van der Waals surface area contributed by atoms with Gasteiger partial charge in [0.25, 0.3) is 0 Å². The summed E-state index contributed by atoms with van der Waals surface area (Å²) in [5, 5.41) is 0. The summed E-state index contributed by atoms with van der Waals surface area (Å²) in [5.74, 6) is -0.0582. The number of carbonyl (C=O) groups excluding carboxylic acids is 1. The molecule has 122 valence electrons. The van der Waals surface area contributed by atoms with Crippen LogP contribution >= 0.6 is 0 Å². The largest absolute Gasteiger partial charge is 0.375 e. The first-order valence-electron chi connectivity index (χ1n) is 7.83. The minimum absolute atomic E-state index is 0.0582. The molecule has 23 heavy (non-hydrogen) atoms. The average molecular weight is 312 g/mol. The zero-order valence-corrected chi connectivity index (χ0v) is 13.5. The number of rotatable bonds is 8. The van der Waals surface area contributed by atoms with Gasteiger partial charge >= 0.3 is 0 Å². The summed E-state index contributed by atoms with van der Waals surface area (Å²) in [6.07, 6.45) is 0.550. The van der Waals surface area contributed by atoms with E-state index in [1.54, 1.807) is 11.9 Å². The van der Waals surface area contributed by atoms with Crippen molar-refractivity contribution >= 4 is 5.91 Å². The van der Waals surface area contributed by atoms with Gasteiger partial charge in [-0.3, -0.25) is 4.79 Å². The highest BCUT2D eigenvalue weighted by molar-refractivity contribution is 5.81. The zero-order chi connectivity index (χ0) is 16.5. The van der Waals surface area contributed by atoms with Crippen molar-refractivity contribution in [2.45, 2.75) is 19.1 Å². The molecule has 2 N–H and O–H groups in total. The highest BCUT2D eigenvalue weighted by Gasteiger charge is 2.18. The Hall–Kier alpha value is -2.17. The van der Waals surface area contributed by atoms with Crippen LogP contribution in [0.2, 0.25) is 0 Å². The molecule has 0 aliphatic heterocycles. The highest BCUT2D eigenvalue weighted by Crippen LogP contribution is 2.04. The molecule has 0 saturated heterocycles. The van der Waals surface area contributed by atoms with E-state index in [2.05, 4.69) is 0 Å². The Labute approximate surface area is 137 Å². The second-order valence-corrected chi connectivity index (χ2v) is 5.59. The first kappa shape index (κ1) is 17.2. The fourth-order valence-corrected chi connectivity index (χ4v) is 2.31. The van der Waals surface area contributed by atoms with Gasteiger partial charge in [0.1, 0.15) is 0 Å². The molecule has 0 heterocycles. The summed E-state index contributed by atoms with van der Waals surface area (Å²) in [7, 11) is 1.76. The van der Waals surface area contributed by atoms with Gasteiger partial charge in [-0.05, 0) is 17.5 Å². The fourth-order valence-electron chi connectivity index (χ4n) is 2.31. The lowest BCUT2D eigenvalue weighted by molar-refractivity contribution is -0.132. The predicted molar refractivity (Wildman–Crippen MR) is 91.9 cm³/mol. The molecule has 4 nitrogen and oxygen atoms in total. The molecule has 0 unspecified atom stereocenters. The third-order valence-corrected chi connectivity index (χ3v) is 3.67. The summed E-state index contributed by atoms with van der Waals surface area (Å²) in [6.45, 7) is 1.59. The van der Waals surface area contributed by atoms with Gasteiger partial charge in [-0.15, -0.1) is 0 Å². The van der Waals surface area contributed by atoms with Gasteiger partial charge in [0.05, 0.1) is 19.3 Å². The monoisotopic (exact) mass is 312 g/mol. The van der Waals surface area contributed by atoms with Crippen LogP contribution in [0, 0.1) is 0 Å². The van der Waals surface area contributed by atoms with Crippen LogP contribution in [-0.2, 0) is 22.6 Å². The first-order chi connectivity index (χ1) is 11.2. The van der Waals surface area contributed by atoms with Crippen molar-refractivity contribution < 1.29 is 9.53 Å². The number of nitrogens with two attached hydrogens (primary N) is 1. The number of hydrogen-bond acceptors (Lipinski definition) is 3. The van der Waals surface area contributed by atoms with Gasteiger partial charge in [-0.25, -0.2) is 0 Å². The molecule has 0 aliphatic carbocycles. The lowest BCUT2D eigenvalue weighted by Crippen LogP contribution is -2.44. The Balaban J connectivity index is 1.70. The molecule has 0 fully saturated rings. The van der Waals surface area contributed by atoms with E-state index in [0.29, 0.717) is 26.2 Å². The number of amides is 1. The third-order valence-electron chi connectivity index (χ3n) is 3.67. The molecule has 2 rings (SSSR count). The van der Waals surface area contributed by atoms with Crippen LogP contribution in [0.4, 0.5) is 0 Å². The molecule has 0 aromatic heterocycles. The smallest absolute Gasteiger partial charge is 0.239 e. The molecular weight excluding hydrogens is 288 g/mol. The van der Waals surface area contributed by atoms with Crippen molar-refractivity contribution in [1.82, 2.24) is 4.90 Å². The zero-order valence-electron chi connectivity index (χ0n) is 13.5. The van der Waals surface area contributed by atoms with E-state index in [0.717, 1.165) is 11.1 Å². The second kappa shape index (κ2) is 9.08. The quantitative estimate of drug-likeness (QED) is 0.761. The maximum atomic E-state index is 12.3. The summed E-state index contributed by atoms with van der Waals surface area (Å²) in [6, 6.07) is 19.3. The van der Waals surface area contributed by atoms with Crippen molar-refractivity contribution in [3.05, 3.63) is 71.8 Å². The standard InChI is InChI=1S/C19H24N2O2/c1-21(12-13-23-15-17-10-6-3-7-11-17)19(22)18(20)14-16-8-4-2-5-9-16/h2-11,18H,12-15,20H2,1H3/t18-/m0/s1. The van der Waals surface area contributed by atoms with E-state index >= 15 is 0 Å². The molecule has 0 spiro atoms. The van der Waals surface area contributed by atoms with Crippen LogP contribution in [-0.4, -0.2) is 37.0 Å². The first-order valence-corrected chi connectivity index (χ1v) is 7.83. The summed E-state index contributed by atoms with van der Waals surface area (Å²) < 4.78 is 5.60. The second-order valence-electron chi connectivity index (χ2n) is 5.59. The Morgan fingerprint density at radius 2 is 1.61 bits per heavy atom. The Kier molecular flexibility index (Phi) is 6.78. The molecule has 1 amide bonds. The Morgan fingerprint density at radius 3 is 2.22 bits per heavy atom. The minimum atomic E-state index is -0.517. The number of nitrogens with zero attached hydrogens (tertiary/aromatic N) is 1. The van der Waals surface area contributed by atoms with E-state index in [9.17, 15) is 4.79 Å². The van der Waals surface area contributed by atoms with Gasteiger partial charge < -0.3 is 15.4 Å². The van der Waals surface area contributed by atoms with E-state index in [1.165, 1.54) is 0 Å². The minimum Gasteiger partial charge on any atom is -0.375 e. The van der Waals surface area contributed by atoms with Gasteiger partial charge in [0.15, 0.2) is 0 Å². The van der Waals surface area contributed by atoms with Crippen molar-refractivity contribution in [2.75, 3.05) is 20.2 Å². The van der Waals surface area contributed by atoms with Crippen molar-refractivity contribution in [3.63, 3.8) is 0 Å². The Morgan fingerprint density at radius 1 is 1.04 bits per heavy atom. The van der Waals surface area contributed by atoms with Crippen molar-refractivity contribution in [2.24, 2.45) is 5.73 Å². The van der Waals surface area contributed by atoms with Gasteiger partial charge in [-0.2, -0.15) is 0 Å². The number of likely N-dealkylation sites (N-methyl/N-ethyl adjacent to an activating group) is 1. The number of ether oxygens (including phenoxy) is 1. The highest BCUT2D eigenvalue weighted by atomic mass is 16.5. The molecule has 0 saturated carbocycles. The maximum absolute atomic E-state index is 12.3. The number of carbonyl (C=O) groups is 1. The summed E-state index contributed by atoms with van der Waals surface area (Å²) >= 11 is 0. The lowest BCUT2D eigenvalue weighted by atomic mass is 10.1. The van der Waals surface area contributed by atoms with E-state index in [1.807, 2.05) is 60.7 Å². The maximum Gasteiger partial charge on any atom is 0.239 e. The Bertz CT molecular complexity index is 587. The van der Waals surface area contributed by atoms with Crippen molar-refractivity contribution in [3.8, 4) is 0 Å². The third kappa shape index (κ3) is 5.85. The van der Waals surface area contributed by atoms with Gasteiger partial charge in [0, 0.05) is 13.6 Å². The van der Waals surface area contributed by atoms with Crippen molar-refractivity contribution in [1.29, 1.82) is 0 Å². The van der Waals surface area contributed by atoms with E-state index in [-0.39, 0.29) is 5.91 Å². The number of benzene rings is 2. The molecule has 4 heteroatoms. The molecule has 0 bridgehead atoms. The molecule has 2 aromatic rings. The normalized spacial score (nSPS) is 11.9. The van der Waals surface area contributed by atoms with Crippen LogP contribution in [0.25, 0.3) is 0 Å². The molecule has 0 radical (unpaired) electrons. The van der Waals surface area contributed by atoms with Crippen LogP contribution in [0.5, 0.6) is 0 Å². The summed E-state index contributed by atoms with van der Waals surface area (Å²) in [5.41, 5.74) is 8.21. The van der Waals surface area contributed by atoms with Crippen LogP contribution in [0.3, 0.4) is 0 Å². The van der Waals surface area contributed by atoms with Gasteiger partial charge in [-0.1, -0.05) is 60.7 Å². The van der Waals surface area contributed by atoms with E-state index < -0.39 is 6.04 Å². The molecular formula is C19H24N2O2. The number of hydrogen-bond donors (Lipinski definition) is 1. The summed E-state index contributed by atoms with van der Waals surface area (Å²) in [4.78, 5) is 13.9. The SMILES string of the molecule is CN(CCOCc1ccccc1)C(=O)[C@@H](N)Cc1ccccc1. The average Bonchev–Trinajstić information content (AvgIpc) is 2.59. The topological polar surface area (TPSA) is 55.6 Å². The molecule has 1 atom stereocenters. The predicted octanol–water partition coefficient (Wildman–Crippen LogP) is 2.23. The fraction of sp³-hybridized carbons (Fsp3) is 0.316. The van der Waals surface area contributed by atoms with Crippen LogP contribution < -0.4 is 5.73 Å². The lowest BCUT2D eigenvalue weighted by Gasteiger charge is -2.21.